The molecule has 4 atom stereocenters. The van der Waals surface area contributed by atoms with Crippen molar-refractivity contribution >= 4 is 11.9 Å². The molecule has 126 valence electrons. The highest BCUT2D eigenvalue weighted by Gasteiger charge is 2.57. The molecule has 0 heterocycles. The van der Waals surface area contributed by atoms with E-state index in [0.717, 1.165) is 30.1 Å². The Kier molecular flexibility index (Phi) is 4.88. The molecule has 4 nitrogen and oxygen atoms in total. The zero-order valence-corrected chi connectivity index (χ0v) is 13.6. The van der Waals surface area contributed by atoms with Crippen LogP contribution in [0.5, 0.6) is 0 Å². The van der Waals surface area contributed by atoms with Gasteiger partial charge >= 0.3 is 11.9 Å². The molecule has 4 unspecified atom stereocenters. The molecule has 0 aromatic rings. The van der Waals surface area contributed by atoms with Crippen LogP contribution < -0.4 is 0 Å². The first-order valence-corrected chi connectivity index (χ1v) is 8.72. The molecule has 0 aromatic heterocycles. The van der Waals surface area contributed by atoms with Crippen molar-refractivity contribution in [3.63, 3.8) is 0 Å². The molecule has 0 aromatic carbocycles. The zero-order chi connectivity index (χ0) is 16.4. The van der Waals surface area contributed by atoms with Gasteiger partial charge in [-0.25, -0.2) is 9.59 Å². The summed E-state index contributed by atoms with van der Waals surface area (Å²) in [6.07, 6.45) is 8.43. The van der Waals surface area contributed by atoms with E-state index in [1.54, 1.807) is 0 Å². The number of hydrogen-bond acceptors (Lipinski definition) is 4. The molecule has 3 fully saturated rings. The van der Waals surface area contributed by atoms with Crippen molar-refractivity contribution in [2.45, 2.75) is 32.1 Å². The van der Waals surface area contributed by atoms with E-state index in [9.17, 15) is 9.59 Å². The lowest BCUT2D eigenvalue weighted by Crippen LogP contribution is -2.17. The average molecular weight is 318 g/mol. The van der Waals surface area contributed by atoms with E-state index < -0.39 is 0 Å². The van der Waals surface area contributed by atoms with Crippen molar-refractivity contribution in [1.82, 2.24) is 0 Å². The molecule has 4 heteroatoms. The van der Waals surface area contributed by atoms with E-state index in [1.165, 1.54) is 37.8 Å². The van der Waals surface area contributed by atoms with Gasteiger partial charge in [0.05, 0.1) is 13.2 Å². The molecule has 0 radical (unpaired) electrons. The summed E-state index contributed by atoms with van der Waals surface area (Å²) >= 11 is 0. The number of fused-ring (bicyclic) bond motifs is 5. The van der Waals surface area contributed by atoms with Crippen LogP contribution in [0.15, 0.2) is 25.3 Å². The first-order valence-electron chi connectivity index (χ1n) is 8.72. The van der Waals surface area contributed by atoms with Crippen LogP contribution in [0.1, 0.15) is 32.1 Å². The summed E-state index contributed by atoms with van der Waals surface area (Å²) < 4.78 is 10.4. The fraction of sp³-hybridized carbons (Fsp3) is 0.684. The number of esters is 2. The Balaban J connectivity index is 1.49. The minimum atomic E-state index is -0.320. The first kappa shape index (κ1) is 16.3. The van der Waals surface area contributed by atoms with Crippen LogP contribution in [-0.4, -0.2) is 25.2 Å². The first-order chi connectivity index (χ1) is 11.1. The summed E-state index contributed by atoms with van der Waals surface area (Å²) in [5, 5.41) is 0. The van der Waals surface area contributed by atoms with Crippen LogP contribution in [0.2, 0.25) is 0 Å². The van der Waals surface area contributed by atoms with Gasteiger partial charge in [0.15, 0.2) is 0 Å². The van der Waals surface area contributed by atoms with E-state index in [2.05, 4.69) is 13.2 Å². The number of carbonyl (C=O) groups excluding carboxylic acids is 2. The van der Waals surface area contributed by atoms with Crippen molar-refractivity contribution < 1.29 is 19.1 Å². The average Bonchev–Trinajstić information content (AvgIpc) is 3.22. The van der Waals surface area contributed by atoms with Gasteiger partial charge in [0.25, 0.3) is 0 Å². The van der Waals surface area contributed by atoms with Gasteiger partial charge in [-0.15, -0.1) is 0 Å². The van der Waals surface area contributed by atoms with E-state index in [4.69, 9.17) is 9.47 Å². The lowest BCUT2D eigenvalue weighted by molar-refractivity contribution is -0.139. The molecule has 0 N–H and O–H groups in total. The van der Waals surface area contributed by atoms with Crippen molar-refractivity contribution in [2.75, 3.05) is 13.2 Å². The Bertz CT molecular complexity index is 474. The summed E-state index contributed by atoms with van der Waals surface area (Å²) in [6.45, 7) is 7.92. The lowest BCUT2D eigenvalue weighted by Gasteiger charge is -2.23. The highest BCUT2D eigenvalue weighted by atomic mass is 16.5. The van der Waals surface area contributed by atoms with Crippen LogP contribution in [0, 0.1) is 35.5 Å². The number of rotatable bonds is 7. The second kappa shape index (κ2) is 6.90. The highest BCUT2D eigenvalue weighted by molar-refractivity contribution is 5.81. The van der Waals surface area contributed by atoms with Crippen LogP contribution >= 0.6 is 0 Å². The predicted molar refractivity (Wildman–Crippen MR) is 86.3 cm³/mol. The molecule has 2 bridgehead atoms. The summed E-state index contributed by atoms with van der Waals surface area (Å²) in [7, 11) is 0. The third-order valence-electron chi connectivity index (χ3n) is 6.28. The fourth-order valence-electron chi connectivity index (χ4n) is 5.57. The van der Waals surface area contributed by atoms with Crippen molar-refractivity contribution in [3.8, 4) is 0 Å². The maximum Gasteiger partial charge on any atom is 0.330 e. The highest BCUT2D eigenvalue weighted by Crippen LogP contribution is 2.63. The zero-order valence-electron chi connectivity index (χ0n) is 13.6. The summed E-state index contributed by atoms with van der Waals surface area (Å²) in [5.41, 5.74) is 0. The second-order valence-electron chi connectivity index (χ2n) is 7.23. The Labute approximate surface area is 137 Å². The van der Waals surface area contributed by atoms with E-state index >= 15 is 0 Å². The molecule has 3 aliphatic rings. The van der Waals surface area contributed by atoms with Gasteiger partial charge in [0.1, 0.15) is 0 Å². The van der Waals surface area contributed by atoms with Gasteiger partial charge in [-0.3, -0.25) is 0 Å². The molecule has 3 rings (SSSR count). The number of hydrogen-bond donors (Lipinski definition) is 0. The third kappa shape index (κ3) is 3.22. The molecule has 3 saturated carbocycles. The van der Waals surface area contributed by atoms with Crippen LogP contribution in [0.25, 0.3) is 0 Å². The minimum Gasteiger partial charge on any atom is -0.463 e. The van der Waals surface area contributed by atoms with Gasteiger partial charge in [-0.05, 0) is 67.6 Å². The van der Waals surface area contributed by atoms with E-state index in [1.807, 2.05) is 0 Å². The van der Waals surface area contributed by atoms with Crippen molar-refractivity contribution in [1.29, 1.82) is 0 Å². The number of carbonyl (C=O) groups is 2. The van der Waals surface area contributed by atoms with E-state index in [0.29, 0.717) is 25.0 Å². The van der Waals surface area contributed by atoms with Crippen LogP contribution in [0.4, 0.5) is 0 Å². The normalized spacial score (nSPS) is 37.2. The van der Waals surface area contributed by atoms with Gasteiger partial charge in [0.2, 0.25) is 0 Å². The lowest BCUT2D eigenvalue weighted by atomic mass is 9.82. The second-order valence-corrected chi connectivity index (χ2v) is 7.23. The molecular weight excluding hydrogens is 292 g/mol. The van der Waals surface area contributed by atoms with Gasteiger partial charge < -0.3 is 9.47 Å². The van der Waals surface area contributed by atoms with Gasteiger partial charge in [0, 0.05) is 12.2 Å². The molecule has 3 aliphatic carbocycles. The maximum atomic E-state index is 11.2. The predicted octanol–water partition coefficient (Wildman–Crippen LogP) is 3.13. The topological polar surface area (TPSA) is 52.6 Å². The van der Waals surface area contributed by atoms with Gasteiger partial charge in [-0.2, -0.15) is 0 Å². The molecule has 23 heavy (non-hydrogen) atoms. The Hall–Kier alpha value is -1.58. The standard InChI is InChI=1S/C19H26O4/c1-3-18(20)22-8-7-15-13-5-6-14(15)17-10-12(9-16(13)17)11-23-19(21)4-2/h3-4,12-17H,1-2,5-11H2. The summed E-state index contributed by atoms with van der Waals surface area (Å²) in [6, 6.07) is 0. The largest absolute Gasteiger partial charge is 0.463 e. The van der Waals surface area contributed by atoms with E-state index in [-0.39, 0.29) is 11.9 Å². The monoisotopic (exact) mass is 318 g/mol. The summed E-state index contributed by atoms with van der Waals surface area (Å²) in [4.78, 5) is 22.4. The number of ether oxygens (including phenoxy) is 2. The molecule has 0 spiro atoms. The molecule has 0 saturated heterocycles. The smallest absolute Gasteiger partial charge is 0.330 e. The molecule has 0 amide bonds. The Morgan fingerprint density at radius 3 is 2.04 bits per heavy atom. The Morgan fingerprint density at radius 1 is 0.913 bits per heavy atom. The van der Waals surface area contributed by atoms with Crippen LogP contribution in [-0.2, 0) is 19.1 Å². The quantitative estimate of drug-likeness (QED) is 0.534. The SMILES string of the molecule is C=CC(=O)OCCC1C2CCC1C1CC(COC(=O)C=C)CC21. The van der Waals surface area contributed by atoms with Crippen molar-refractivity contribution in [3.05, 3.63) is 25.3 Å². The van der Waals surface area contributed by atoms with Crippen LogP contribution in [0.3, 0.4) is 0 Å². The minimum absolute atomic E-state index is 0.313. The molecule has 0 aliphatic heterocycles. The molecular formula is C19H26O4. The summed E-state index contributed by atoms with van der Waals surface area (Å²) in [5.74, 6) is 3.69. The van der Waals surface area contributed by atoms with Gasteiger partial charge in [-0.1, -0.05) is 13.2 Å². The third-order valence-corrected chi connectivity index (χ3v) is 6.28. The Morgan fingerprint density at radius 2 is 1.48 bits per heavy atom. The van der Waals surface area contributed by atoms with Crippen molar-refractivity contribution in [2.24, 2.45) is 35.5 Å². The maximum absolute atomic E-state index is 11.2. The fourth-order valence-corrected chi connectivity index (χ4v) is 5.57.